The fourth-order valence-electron chi connectivity index (χ4n) is 1.40. The molecule has 0 aromatic rings. The molecule has 0 spiro atoms. The molecule has 0 aromatic carbocycles. The molecule has 0 saturated carbocycles. The summed E-state index contributed by atoms with van der Waals surface area (Å²) < 4.78 is 10.6. The SMILES string of the molecule is CS/C(=N\C(=O)OC(C)(C)C)N(CC=C(C)C)C(=O)OC(C)(C)C. The maximum absolute atomic E-state index is 12.5. The van der Waals surface area contributed by atoms with Gasteiger partial charge < -0.3 is 9.47 Å². The van der Waals surface area contributed by atoms with Crippen molar-refractivity contribution in [1.82, 2.24) is 4.90 Å². The average molecular weight is 359 g/mol. The number of hydrogen-bond donors (Lipinski definition) is 0. The van der Waals surface area contributed by atoms with E-state index in [0.717, 1.165) is 5.57 Å². The van der Waals surface area contributed by atoms with E-state index < -0.39 is 23.4 Å². The number of rotatable bonds is 2. The molecule has 0 N–H and O–H groups in total. The second kappa shape index (κ2) is 9.11. The second-order valence-electron chi connectivity index (χ2n) is 7.45. The van der Waals surface area contributed by atoms with Crippen molar-refractivity contribution < 1.29 is 19.1 Å². The largest absolute Gasteiger partial charge is 0.443 e. The summed E-state index contributed by atoms with van der Waals surface area (Å²) in [5.74, 6) is 0. The van der Waals surface area contributed by atoms with Crippen molar-refractivity contribution in [2.75, 3.05) is 12.8 Å². The van der Waals surface area contributed by atoms with Crippen LogP contribution in [0.25, 0.3) is 0 Å². The summed E-state index contributed by atoms with van der Waals surface area (Å²) in [5.41, 5.74) is -0.252. The lowest BCUT2D eigenvalue weighted by molar-refractivity contribution is 0.0387. The molecule has 0 fully saturated rings. The first kappa shape index (κ1) is 22.5. The molecule has 0 radical (unpaired) electrons. The lowest BCUT2D eigenvalue weighted by Gasteiger charge is -2.27. The maximum Gasteiger partial charge on any atom is 0.436 e. The number of carbonyl (C=O) groups excluding carboxylic acids is 2. The molecule has 6 nitrogen and oxygen atoms in total. The third-order valence-corrected chi connectivity index (χ3v) is 2.97. The first-order valence-corrected chi connectivity index (χ1v) is 8.97. The average Bonchev–Trinajstić information content (AvgIpc) is 2.32. The van der Waals surface area contributed by atoms with Gasteiger partial charge in [0.15, 0.2) is 5.17 Å². The van der Waals surface area contributed by atoms with Crippen molar-refractivity contribution in [1.29, 1.82) is 0 Å². The first-order valence-electron chi connectivity index (χ1n) is 7.74. The quantitative estimate of drug-likeness (QED) is 0.401. The fourth-order valence-corrected chi connectivity index (χ4v) is 1.94. The van der Waals surface area contributed by atoms with E-state index in [1.165, 1.54) is 16.7 Å². The number of ether oxygens (including phenoxy) is 2. The van der Waals surface area contributed by atoms with Crippen molar-refractivity contribution >= 4 is 29.1 Å². The highest BCUT2D eigenvalue weighted by Gasteiger charge is 2.26. The van der Waals surface area contributed by atoms with E-state index in [1.54, 1.807) is 47.8 Å². The molecule has 2 amide bonds. The van der Waals surface area contributed by atoms with Crippen LogP contribution in [0.15, 0.2) is 16.6 Å². The first-order chi connectivity index (χ1) is 10.7. The molecule has 0 aliphatic carbocycles. The monoisotopic (exact) mass is 358 g/mol. The number of amides is 2. The lowest BCUT2D eigenvalue weighted by atomic mass is 10.2. The molecular formula is C17H30N2O4S. The van der Waals surface area contributed by atoms with Gasteiger partial charge in [0.05, 0.1) is 0 Å². The Bertz CT molecular complexity index is 510. The Morgan fingerprint density at radius 3 is 1.92 bits per heavy atom. The van der Waals surface area contributed by atoms with Crippen molar-refractivity contribution in [2.45, 2.75) is 66.6 Å². The summed E-state index contributed by atoms with van der Waals surface area (Å²) in [7, 11) is 0. The molecular weight excluding hydrogens is 328 g/mol. The topological polar surface area (TPSA) is 68.2 Å². The minimum atomic E-state index is -0.738. The number of thioether (sulfide) groups is 1. The predicted molar refractivity (Wildman–Crippen MR) is 99.6 cm³/mol. The van der Waals surface area contributed by atoms with Crippen LogP contribution in [-0.2, 0) is 9.47 Å². The predicted octanol–water partition coefficient (Wildman–Crippen LogP) is 4.84. The van der Waals surface area contributed by atoms with Gasteiger partial charge in [0.25, 0.3) is 0 Å². The number of allylic oxidation sites excluding steroid dienone is 1. The van der Waals surface area contributed by atoms with Gasteiger partial charge >= 0.3 is 12.2 Å². The molecule has 0 aliphatic heterocycles. The highest BCUT2D eigenvalue weighted by atomic mass is 32.2. The van der Waals surface area contributed by atoms with Gasteiger partial charge in [-0.3, -0.25) is 4.90 Å². The van der Waals surface area contributed by atoms with Crippen LogP contribution in [0.3, 0.4) is 0 Å². The minimum absolute atomic E-state index is 0.232. The zero-order valence-electron chi connectivity index (χ0n) is 16.2. The van der Waals surface area contributed by atoms with Crippen molar-refractivity contribution in [3.05, 3.63) is 11.6 Å². The van der Waals surface area contributed by atoms with E-state index in [9.17, 15) is 9.59 Å². The Kier molecular flexibility index (Phi) is 8.54. The van der Waals surface area contributed by atoms with Crippen molar-refractivity contribution in [2.24, 2.45) is 4.99 Å². The Hall–Kier alpha value is -1.50. The summed E-state index contributed by atoms with van der Waals surface area (Å²) in [5, 5.41) is 0.232. The van der Waals surface area contributed by atoms with Gasteiger partial charge in [-0.2, -0.15) is 4.99 Å². The Morgan fingerprint density at radius 1 is 1.04 bits per heavy atom. The van der Waals surface area contributed by atoms with E-state index in [0.29, 0.717) is 0 Å². The molecule has 0 heterocycles. The smallest absolute Gasteiger partial charge is 0.436 e. The Morgan fingerprint density at radius 2 is 1.54 bits per heavy atom. The lowest BCUT2D eigenvalue weighted by Crippen LogP contribution is -2.40. The molecule has 24 heavy (non-hydrogen) atoms. The Balaban J connectivity index is 5.51. The van der Waals surface area contributed by atoms with Gasteiger partial charge in [0.2, 0.25) is 0 Å². The molecule has 0 bridgehead atoms. The highest BCUT2D eigenvalue weighted by Crippen LogP contribution is 2.16. The van der Waals surface area contributed by atoms with Crippen LogP contribution in [0.1, 0.15) is 55.4 Å². The summed E-state index contributed by atoms with van der Waals surface area (Å²) >= 11 is 1.18. The third kappa shape index (κ3) is 10.3. The molecule has 0 atom stereocenters. The molecule has 0 saturated heterocycles. The van der Waals surface area contributed by atoms with Crippen LogP contribution in [0.4, 0.5) is 9.59 Å². The summed E-state index contributed by atoms with van der Waals surface area (Å²) in [6.45, 7) is 14.7. The van der Waals surface area contributed by atoms with Crippen LogP contribution in [0, 0.1) is 0 Å². The van der Waals surface area contributed by atoms with E-state index in [-0.39, 0.29) is 11.7 Å². The highest BCUT2D eigenvalue weighted by molar-refractivity contribution is 8.13. The van der Waals surface area contributed by atoms with E-state index >= 15 is 0 Å². The molecule has 0 unspecified atom stereocenters. The van der Waals surface area contributed by atoms with Crippen LogP contribution in [0.5, 0.6) is 0 Å². The van der Waals surface area contributed by atoms with Gasteiger partial charge in [-0.1, -0.05) is 23.4 Å². The van der Waals surface area contributed by atoms with Crippen molar-refractivity contribution in [3.8, 4) is 0 Å². The molecule has 0 rings (SSSR count). The fraction of sp³-hybridized carbons (Fsp3) is 0.706. The molecule has 138 valence electrons. The van der Waals surface area contributed by atoms with Gasteiger partial charge in [0, 0.05) is 6.54 Å². The Labute approximate surface area is 149 Å². The molecule has 0 aromatic heterocycles. The van der Waals surface area contributed by atoms with Gasteiger partial charge in [0.1, 0.15) is 11.2 Å². The maximum atomic E-state index is 12.5. The molecule has 7 heteroatoms. The molecule has 0 aliphatic rings. The summed E-state index contributed by atoms with van der Waals surface area (Å²) in [6, 6.07) is 0. The van der Waals surface area contributed by atoms with Crippen molar-refractivity contribution in [3.63, 3.8) is 0 Å². The third-order valence-electron chi connectivity index (χ3n) is 2.29. The standard InChI is InChI=1S/C17H30N2O4S/c1-12(2)10-11-19(15(21)23-17(6,7)8)13(24-9)18-14(20)22-16(3,4)5/h10H,11H2,1-9H3/b18-13-. The number of hydrogen-bond acceptors (Lipinski definition) is 5. The number of aliphatic imine (C=N–C) groups is 1. The zero-order valence-corrected chi connectivity index (χ0v) is 17.0. The van der Waals surface area contributed by atoms with E-state index in [2.05, 4.69) is 4.99 Å². The summed E-state index contributed by atoms with van der Waals surface area (Å²) in [6.07, 6.45) is 2.31. The van der Waals surface area contributed by atoms with Gasteiger partial charge in [-0.05, 0) is 61.6 Å². The minimum Gasteiger partial charge on any atom is -0.443 e. The second-order valence-corrected chi connectivity index (χ2v) is 8.22. The van der Waals surface area contributed by atoms with E-state index in [1.807, 2.05) is 19.9 Å². The van der Waals surface area contributed by atoms with Gasteiger partial charge in [-0.15, -0.1) is 0 Å². The van der Waals surface area contributed by atoms with E-state index in [4.69, 9.17) is 9.47 Å². The number of carbonyl (C=O) groups is 2. The van der Waals surface area contributed by atoms with Crippen LogP contribution >= 0.6 is 11.8 Å². The number of amidine groups is 1. The normalized spacial score (nSPS) is 12.5. The van der Waals surface area contributed by atoms with Crippen LogP contribution in [0.2, 0.25) is 0 Å². The zero-order chi connectivity index (χ0) is 19.1. The van der Waals surface area contributed by atoms with Crippen LogP contribution < -0.4 is 0 Å². The van der Waals surface area contributed by atoms with Crippen LogP contribution in [-0.4, -0.2) is 46.3 Å². The summed E-state index contributed by atoms with van der Waals surface area (Å²) in [4.78, 5) is 29.7. The number of nitrogens with zero attached hydrogens (tertiary/aromatic N) is 2. The van der Waals surface area contributed by atoms with Gasteiger partial charge in [-0.25, -0.2) is 9.59 Å².